The summed E-state index contributed by atoms with van der Waals surface area (Å²) in [5, 5.41) is 7.06. The van der Waals surface area contributed by atoms with Gasteiger partial charge < -0.3 is 16.0 Å². The maximum absolute atomic E-state index is 13.7. The third-order valence-corrected chi connectivity index (χ3v) is 4.26. The molecule has 0 heterocycles. The van der Waals surface area contributed by atoms with Crippen molar-refractivity contribution in [1.82, 2.24) is 10.6 Å². The lowest BCUT2D eigenvalue weighted by atomic mass is 9.81. The summed E-state index contributed by atoms with van der Waals surface area (Å²) in [6, 6.07) is 0.810. The van der Waals surface area contributed by atoms with Crippen molar-refractivity contribution < 1.29 is 27.2 Å². The number of alkyl halides is 3. The molecule has 0 aromatic heterocycles. The quantitative estimate of drug-likeness (QED) is 0.722. The van der Waals surface area contributed by atoms with Crippen molar-refractivity contribution >= 4 is 17.6 Å². The molecular weight excluding hydrogens is 342 g/mol. The van der Waals surface area contributed by atoms with Crippen LogP contribution in [0.2, 0.25) is 0 Å². The summed E-state index contributed by atoms with van der Waals surface area (Å²) < 4.78 is 51.9. The summed E-state index contributed by atoms with van der Waals surface area (Å²) in [7, 11) is 1.44. The van der Waals surface area contributed by atoms with Gasteiger partial charge in [-0.15, -0.1) is 0 Å². The van der Waals surface area contributed by atoms with Gasteiger partial charge in [-0.2, -0.15) is 13.2 Å². The Morgan fingerprint density at radius 3 is 2.32 bits per heavy atom. The van der Waals surface area contributed by atoms with E-state index in [9.17, 15) is 27.2 Å². The first-order valence-corrected chi connectivity index (χ1v) is 7.86. The molecule has 0 spiro atoms. The van der Waals surface area contributed by atoms with E-state index in [4.69, 9.17) is 0 Å². The number of amides is 3. The standard InChI is InChI=1S/C16H19F4N3O2/c1-21-13(24)15(7-3-2-4-8-15)23-14(25)22-12-9-10(16(18,19)20)5-6-11(12)17/h5-6,9H,2-4,7-8H2,1H3,(H,21,24)(H2,22,23,25). The van der Waals surface area contributed by atoms with Crippen LogP contribution in [0.5, 0.6) is 0 Å². The smallest absolute Gasteiger partial charge is 0.357 e. The molecule has 1 saturated carbocycles. The van der Waals surface area contributed by atoms with Gasteiger partial charge in [0.15, 0.2) is 0 Å². The Morgan fingerprint density at radius 1 is 1.12 bits per heavy atom. The Kier molecular flexibility index (Phi) is 5.54. The second-order valence-electron chi connectivity index (χ2n) is 5.99. The number of carbonyl (C=O) groups is 2. The van der Waals surface area contributed by atoms with Crippen molar-refractivity contribution in [3.63, 3.8) is 0 Å². The monoisotopic (exact) mass is 361 g/mol. The lowest BCUT2D eigenvalue weighted by Gasteiger charge is -2.36. The number of carbonyl (C=O) groups excluding carboxylic acids is 2. The molecule has 0 bridgehead atoms. The first kappa shape index (κ1) is 19.0. The zero-order valence-electron chi connectivity index (χ0n) is 13.6. The highest BCUT2D eigenvalue weighted by Gasteiger charge is 2.40. The molecule has 0 saturated heterocycles. The van der Waals surface area contributed by atoms with Crippen molar-refractivity contribution in [2.24, 2.45) is 0 Å². The Balaban J connectivity index is 2.17. The number of nitrogens with one attached hydrogen (secondary N) is 3. The van der Waals surface area contributed by atoms with Gasteiger partial charge in [0.25, 0.3) is 0 Å². The molecule has 3 amide bonds. The van der Waals surface area contributed by atoms with E-state index < -0.39 is 34.8 Å². The second kappa shape index (κ2) is 7.28. The van der Waals surface area contributed by atoms with Gasteiger partial charge in [0.1, 0.15) is 11.4 Å². The number of likely N-dealkylation sites (N-methyl/N-ethyl adjacent to an activating group) is 1. The van der Waals surface area contributed by atoms with Crippen molar-refractivity contribution in [3.8, 4) is 0 Å². The normalized spacial score (nSPS) is 16.8. The van der Waals surface area contributed by atoms with E-state index in [1.807, 2.05) is 0 Å². The minimum Gasteiger partial charge on any atom is -0.357 e. The zero-order chi connectivity index (χ0) is 18.7. The highest BCUT2D eigenvalue weighted by molar-refractivity contribution is 5.96. The Hall–Kier alpha value is -2.32. The average Bonchev–Trinajstić information content (AvgIpc) is 2.55. The molecule has 1 aromatic rings. The molecule has 1 aliphatic carbocycles. The Labute approximate surface area is 142 Å². The molecule has 9 heteroatoms. The molecule has 0 aliphatic heterocycles. The van der Waals surface area contributed by atoms with E-state index in [0.29, 0.717) is 31.0 Å². The van der Waals surface area contributed by atoms with Crippen LogP contribution in [0.4, 0.5) is 28.0 Å². The van der Waals surface area contributed by atoms with Crippen LogP contribution in [-0.4, -0.2) is 24.5 Å². The summed E-state index contributed by atoms with van der Waals surface area (Å²) in [6.07, 6.45) is -1.47. The van der Waals surface area contributed by atoms with Crippen LogP contribution in [0.3, 0.4) is 0 Å². The fourth-order valence-corrected chi connectivity index (χ4v) is 2.97. The van der Waals surface area contributed by atoms with E-state index in [-0.39, 0.29) is 5.91 Å². The highest BCUT2D eigenvalue weighted by Crippen LogP contribution is 2.32. The molecule has 0 atom stereocenters. The van der Waals surface area contributed by atoms with Gasteiger partial charge in [-0.1, -0.05) is 19.3 Å². The van der Waals surface area contributed by atoms with Crippen molar-refractivity contribution in [2.75, 3.05) is 12.4 Å². The summed E-state index contributed by atoms with van der Waals surface area (Å²) in [5.41, 5.74) is -2.83. The molecule has 3 N–H and O–H groups in total. The van der Waals surface area contributed by atoms with Crippen LogP contribution < -0.4 is 16.0 Å². The van der Waals surface area contributed by atoms with E-state index in [1.165, 1.54) is 7.05 Å². The average molecular weight is 361 g/mol. The van der Waals surface area contributed by atoms with Gasteiger partial charge in [0.05, 0.1) is 11.3 Å². The number of benzene rings is 1. The topological polar surface area (TPSA) is 70.2 Å². The van der Waals surface area contributed by atoms with Crippen molar-refractivity contribution in [1.29, 1.82) is 0 Å². The van der Waals surface area contributed by atoms with E-state index in [2.05, 4.69) is 16.0 Å². The van der Waals surface area contributed by atoms with Crippen LogP contribution in [0, 0.1) is 5.82 Å². The molecule has 0 unspecified atom stereocenters. The molecule has 25 heavy (non-hydrogen) atoms. The fraction of sp³-hybridized carbons (Fsp3) is 0.500. The molecule has 0 radical (unpaired) electrons. The number of hydrogen-bond acceptors (Lipinski definition) is 2. The largest absolute Gasteiger partial charge is 0.416 e. The van der Waals surface area contributed by atoms with Gasteiger partial charge in [-0.3, -0.25) is 4.79 Å². The van der Waals surface area contributed by atoms with E-state index in [0.717, 1.165) is 19.3 Å². The lowest BCUT2D eigenvalue weighted by molar-refractivity contribution is -0.137. The SMILES string of the molecule is CNC(=O)C1(NC(=O)Nc2cc(C(F)(F)F)ccc2F)CCCCC1. The molecule has 5 nitrogen and oxygen atoms in total. The van der Waals surface area contributed by atoms with Crippen LogP contribution in [0.25, 0.3) is 0 Å². The lowest BCUT2D eigenvalue weighted by Crippen LogP contribution is -2.60. The molecule has 138 valence electrons. The minimum absolute atomic E-state index is 0.383. The molecule has 1 aromatic carbocycles. The second-order valence-corrected chi connectivity index (χ2v) is 5.99. The van der Waals surface area contributed by atoms with Gasteiger partial charge in [-0.05, 0) is 31.0 Å². The number of anilines is 1. The molecule has 1 fully saturated rings. The van der Waals surface area contributed by atoms with Crippen LogP contribution in [0.1, 0.15) is 37.7 Å². The summed E-state index contributed by atoms with van der Waals surface area (Å²) in [4.78, 5) is 24.3. The summed E-state index contributed by atoms with van der Waals surface area (Å²) >= 11 is 0. The van der Waals surface area contributed by atoms with Crippen LogP contribution in [0.15, 0.2) is 18.2 Å². The predicted octanol–water partition coefficient (Wildman–Crippen LogP) is 3.41. The third-order valence-electron chi connectivity index (χ3n) is 4.26. The van der Waals surface area contributed by atoms with Crippen LogP contribution in [-0.2, 0) is 11.0 Å². The fourth-order valence-electron chi connectivity index (χ4n) is 2.97. The maximum Gasteiger partial charge on any atom is 0.416 e. The number of urea groups is 1. The third kappa shape index (κ3) is 4.40. The number of hydrogen-bond donors (Lipinski definition) is 3. The van der Waals surface area contributed by atoms with E-state index >= 15 is 0 Å². The van der Waals surface area contributed by atoms with E-state index in [1.54, 1.807) is 0 Å². The highest BCUT2D eigenvalue weighted by atomic mass is 19.4. The van der Waals surface area contributed by atoms with Crippen LogP contribution >= 0.6 is 0 Å². The van der Waals surface area contributed by atoms with Crippen molar-refractivity contribution in [3.05, 3.63) is 29.6 Å². The van der Waals surface area contributed by atoms with Gasteiger partial charge >= 0.3 is 12.2 Å². The predicted molar refractivity (Wildman–Crippen MR) is 83.4 cm³/mol. The first-order chi connectivity index (χ1) is 11.7. The number of rotatable bonds is 3. The van der Waals surface area contributed by atoms with Gasteiger partial charge in [0.2, 0.25) is 5.91 Å². The van der Waals surface area contributed by atoms with Crippen molar-refractivity contribution in [2.45, 2.75) is 43.8 Å². The summed E-state index contributed by atoms with van der Waals surface area (Å²) in [5.74, 6) is -1.38. The minimum atomic E-state index is -4.66. The van der Waals surface area contributed by atoms with Gasteiger partial charge in [-0.25, -0.2) is 9.18 Å². The number of halogens is 4. The molecule has 2 rings (SSSR count). The molecular formula is C16H19F4N3O2. The Bertz CT molecular complexity index is 655. The zero-order valence-corrected chi connectivity index (χ0v) is 13.6. The summed E-state index contributed by atoms with van der Waals surface area (Å²) in [6.45, 7) is 0. The first-order valence-electron chi connectivity index (χ1n) is 7.86. The maximum atomic E-state index is 13.7. The molecule has 1 aliphatic rings. The Morgan fingerprint density at radius 2 is 1.76 bits per heavy atom. The van der Waals surface area contributed by atoms with Gasteiger partial charge in [0, 0.05) is 7.05 Å².